The first-order valence-corrected chi connectivity index (χ1v) is 5.57. The molecule has 0 atom stereocenters. The van der Waals surface area contributed by atoms with Crippen molar-refractivity contribution in [1.82, 2.24) is 4.98 Å². The minimum absolute atomic E-state index is 0.329. The summed E-state index contributed by atoms with van der Waals surface area (Å²) in [5.74, 6) is 0.535. The Balaban J connectivity index is 2.62. The summed E-state index contributed by atoms with van der Waals surface area (Å²) in [6.45, 7) is 1.89. The zero-order valence-electron chi connectivity index (χ0n) is 7.64. The molecule has 2 nitrogen and oxygen atoms in total. The van der Waals surface area contributed by atoms with Crippen LogP contribution in [0.1, 0.15) is 35.6 Å². The van der Waals surface area contributed by atoms with Crippen molar-refractivity contribution < 1.29 is 0 Å². The van der Waals surface area contributed by atoms with Crippen molar-refractivity contribution in [2.45, 2.75) is 25.7 Å². The van der Waals surface area contributed by atoms with Gasteiger partial charge in [0.25, 0.3) is 0 Å². The maximum atomic E-state index is 8.87. The summed E-state index contributed by atoms with van der Waals surface area (Å²) in [5, 5.41) is 9.20. The molecule has 1 aromatic heterocycles. The van der Waals surface area contributed by atoms with Crippen LogP contribution >= 0.6 is 27.5 Å². The van der Waals surface area contributed by atoms with Gasteiger partial charge in [-0.3, -0.25) is 0 Å². The third-order valence-corrected chi connectivity index (χ3v) is 3.70. The Kier molecular flexibility index (Phi) is 2.50. The van der Waals surface area contributed by atoms with E-state index in [1.165, 1.54) is 12.8 Å². The van der Waals surface area contributed by atoms with Crippen LogP contribution in [0.25, 0.3) is 0 Å². The highest BCUT2D eigenvalue weighted by atomic mass is 79.9. The predicted molar refractivity (Wildman–Crippen MR) is 58.4 cm³/mol. The minimum atomic E-state index is 0.329. The minimum Gasteiger partial charge on any atom is -0.238 e. The molecule has 0 unspecified atom stereocenters. The van der Waals surface area contributed by atoms with E-state index in [1.807, 2.05) is 6.92 Å². The fourth-order valence-electron chi connectivity index (χ4n) is 1.42. The number of halogens is 2. The highest BCUT2D eigenvalue weighted by molar-refractivity contribution is 9.10. The number of pyridine rings is 1. The fraction of sp³-hybridized carbons (Fsp3) is 0.400. The molecule has 0 N–H and O–H groups in total. The largest absolute Gasteiger partial charge is 0.238 e. The second-order valence-corrected chi connectivity index (χ2v) is 4.64. The van der Waals surface area contributed by atoms with E-state index in [0.717, 1.165) is 15.7 Å². The normalized spacial score (nSPS) is 15.3. The maximum absolute atomic E-state index is 8.87. The summed E-state index contributed by atoms with van der Waals surface area (Å²) < 4.78 is 0.945. The Morgan fingerprint density at radius 1 is 1.57 bits per heavy atom. The number of rotatable bonds is 1. The van der Waals surface area contributed by atoms with E-state index >= 15 is 0 Å². The molecule has 0 aliphatic heterocycles. The first-order valence-electron chi connectivity index (χ1n) is 4.40. The predicted octanol–water partition coefficient (Wildman–Crippen LogP) is 3.56. The number of nitriles is 1. The van der Waals surface area contributed by atoms with Gasteiger partial charge in [0.1, 0.15) is 11.2 Å². The lowest BCUT2D eigenvalue weighted by atomic mass is 10.1. The van der Waals surface area contributed by atoms with Crippen molar-refractivity contribution in [1.29, 1.82) is 5.26 Å². The molecule has 1 aliphatic carbocycles. The molecule has 1 saturated carbocycles. The van der Waals surface area contributed by atoms with Crippen molar-refractivity contribution >= 4 is 27.5 Å². The summed E-state index contributed by atoms with van der Waals surface area (Å²) in [4.78, 5) is 4.26. The van der Waals surface area contributed by atoms with Gasteiger partial charge in [-0.25, -0.2) is 4.98 Å². The van der Waals surface area contributed by atoms with Gasteiger partial charge in [0, 0.05) is 10.4 Å². The van der Waals surface area contributed by atoms with Crippen LogP contribution in [0.4, 0.5) is 0 Å². The molecule has 0 spiro atoms. The van der Waals surface area contributed by atoms with Gasteiger partial charge in [0.05, 0.1) is 11.3 Å². The van der Waals surface area contributed by atoms with Gasteiger partial charge in [-0.1, -0.05) is 11.6 Å². The monoisotopic (exact) mass is 270 g/mol. The maximum Gasteiger partial charge on any atom is 0.147 e. The molecule has 72 valence electrons. The topological polar surface area (TPSA) is 36.7 Å². The third kappa shape index (κ3) is 1.53. The molecule has 1 aromatic rings. The number of aromatic nitrogens is 1. The van der Waals surface area contributed by atoms with Crippen molar-refractivity contribution in [2.24, 2.45) is 0 Å². The van der Waals surface area contributed by atoms with Crippen LogP contribution in [-0.4, -0.2) is 4.98 Å². The molecule has 4 heteroatoms. The molecule has 0 aromatic carbocycles. The van der Waals surface area contributed by atoms with Gasteiger partial charge in [-0.15, -0.1) is 0 Å². The Labute approximate surface area is 96.0 Å². The van der Waals surface area contributed by atoms with E-state index in [-0.39, 0.29) is 0 Å². The molecule has 1 fully saturated rings. The smallest absolute Gasteiger partial charge is 0.147 e. The molecular weight excluding hydrogens is 263 g/mol. The Hall–Kier alpha value is -0.590. The van der Waals surface area contributed by atoms with E-state index in [4.69, 9.17) is 16.9 Å². The van der Waals surface area contributed by atoms with E-state index in [2.05, 4.69) is 27.0 Å². The Morgan fingerprint density at radius 3 is 2.71 bits per heavy atom. The van der Waals surface area contributed by atoms with E-state index in [9.17, 15) is 0 Å². The standard InChI is InChI=1S/C10H8BrClN2/c1-5-7(4-13)10(12)14-9(8(5)11)6-2-3-6/h6H,2-3H2,1H3. The molecule has 1 aliphatic rings. The average Bonchev–Trinajstić information content (AvgIpc) is 2.95. The molecule has 0 bridgehead atoms. The zero-order chi connectivity index (χ0) is 10.3. The fourth-order valence-corrected chi connectivity index (χ4v) is 2.31. The molecular formula is C10H8BrClN2. The van der Waals surface area contributed by atoms with Crippen molar-refractivity contribution in [2.75, 3.05) is 0 Å². The molecule has 0 radical (unpaired) electrons. The quantitative estimate of drug-likeness (QED) is 0.732. The number of hydrogen-bond acceptors (Lipinski definition) is 2. The van der Waals surface area contributed by atoms with E-state index in [1.54, 1.807) is 0 Å². The van der Waals surface area contributed by atoms with Crippen molar-refractivity contribution in [3.63, 3.8) is 0 Å². The molecule has 0 amide bonds. The summed E-state index contributed by atoms with van der Waals surface area (Å²) in [6.07, 6.45) is 2.35. The second kappa shape index (κ2) is 3.52. The van der Waals surface area contributed by atoms with Gasteiger partial charge in [0.2, 0.25) is 0 Å². The summed E-state index contributed by atoms with van der Waals surface area (Å²) in [6, 6.07) is 2.07. The van der Waals surface area contributed by atoms with Gasteiger partial charge in [-0.2, -0.15) is 5.26 Å². The van der Waals surface area contributed by atoms with Crippen LogP contribution in [0.5, 0.6) is 0 Å². The molecule has 2 rings (SSSR count). The van der Waals surface area contributed by atoms with Crippen LogP contribution in [0.15, 0.2) is 4.47 Å². The summed E-state index contributed by atoms with van der Waals surface area (Å²) in [5.41, 5.74) is 2.38. The molecule has 0 saturated heterocycles. The highest BCUT2D eigenvalue weighted by Crippen LogP contribution is 2.44. The molecule has 1 heterocycles. The lowest BCUT2D eigenvalue weighted by molar-refractivity contribution is 0.995. The SMILES string of the molecule is Cc1c(Br)c(C2CC2)nc(Cl)c1C#N. The first-order chi connectivity index (χ1) is 6.65. The third-order valence-electron chi connectivity index (χ3n) is 2.43. The number of hydrogen-bond donors (Lipinski definition) is 0. The van der Waals surface area contributed by atoms with Crippen LogP contribution in [0.2, 0.25) is 5.15 Å². The van der Waals surface area contributed by atoms with Crippen LogP contribution < -0.4 is 0 Å². The van der Waals surface area contributed by atoms with Gasteiger partial charge >= 0.3 is 0 Å². The van der Waals surface area contributed by atoms with Crippen molar-refractivity contribution in [3.8, 4) is 6.07 Å². The van der Waals surface area contributed by atoms with E-state index < -0.39 is 0 Å². The molecule has 14 heavy (non-hydrogen) atoms. The lowest BCUT2D eigenvalue weighted by Crippen LogP contribution is -1.97. The van der Waals surface area contributed by atoms with Gasteiger partial charge < -0.3 is 0 Å². The Morgan fingerprint density at radius 2 is 2.21 bits per heavy atom. The lowest BCUT2D eigenvalue weighted by Gasteiger charge is -2.08. The Bertz CT molecular complexity index is 433. The second-order valence-electron chi connectivity index (χ2n) is 3.49. The van der Waals surface area contributed by atoms with E-state index in [0.29, 0.717) is 16.6 Å². The highest BCUT2D eigenvalue weighted by Gasteiger charge is 2.29. The zero-order valence-corrected chi connectivity index (χ0v) is 9.98. The van der Waals surface area contributed by atoms with Gasteiger partial charge in [-0.05, 0) is 41.3 Å². The first kappa shape index (κ1) is 9.95. The van der Waals surface area contributed by atoms with Crippen LogP contribution in [0, 0.1) is 18.3 Å². The van der Waals surface area contributed by atoms with Gasteiger partial charge in [0.15, 0.2) is 0 Å². The van der Waals surface area contributed by atoms with Crippen LogP contribution in [-0.2, 0) is 0 Å². The average molecular weight is 272 g/mol. The van der Waals surface area contributed by atoms with Crippen molar-refractivity contribution in [3.05, 3.63) is 26.4 Å². The van der Waals surface area contributed by atoms with Crippen LogP contribution in [0.3, 0.4) is 0 Å². The summed E-state index contributed by atoms with van der Waals surface area (Å²) in [7, 11) is 0. The summed E-state index contributed by atoms with van der Waals surface area (Å²) >= 11 is 9.40. The number of nitrogens with zero attached hydrogens (tertiary/aromatic N) is 2.